The maximum Gasteiger partial charge on any atom is 0.350 e. The van der Waals surface area contributed by atoms with Crippen LogP contribution in [0.25, 0.3) is 5.76 Å². The topological polar surface area (TPSA) is 124 Å². The molecule has 1 aliphatic heterocycles. The Kier molecular flexibility index (Phi) is 13.0. The lowest BCUT2D eigenvalue weighted by Gasteiger charge is -2.24. The van der Waals surface area contributed by atoms with Gasteiger partial charge in [0, 0.05) is 5.56 Å². The molecule has 0 unspecified atom stereocenters. The summed E-state index contributed by atoms with van der Waals surface area (Å²) in [5.74, 6) is -0.916. The SMILES string of the molecule is CCCCCOc1ccc([C@H]2C(=C(O)c3ccc(OCCCC)cc3)C(=O)C(=O)N2c2nc(C)c(C(=O)OCC(C)C)s2)cc1OCC. The van der Waals surface area contributed by atoms with E-state index in [-0.39, 0.29) is 33.9 Å². The number of esters is 1. The maximum atomic E-state index is 13.8. The first-order valence-electron chi connectivity index (χ1n) is 16.7. The van der Waals surface area contributed by atoms with Crippen molar-refractivity contribution in [3.05, 3.63) is 69.7 Å². The summed E-state index contributed by atoms with van der Waals surface area (Å²) in [6.45, 7) is 13.2. The lowest BCUT2D eigenvalue weighted by atomic mass is 9.95. The number of aromatic nitrogens is 1. The predicted octanol–water partition coefficient (Wildman–Crippen LogP) is 8.04. The lowest BCUT2D eigenvalue weighted by molar-refractivity contribution is -0.132. The van der Waals surface area contributed by atoms with Crippen LogP contribution in [0.2, 0.25) is 0 Å². The summed E-state index contributed by atoms with van der Waals surface area (Å²) >= 11 is 0.965. The summed E-state index contributed by atoms with van der Waals surface area (Å²) in [6, 6.07) is 10.9. The van der Waals surface area contributed by atoms with Crippen LogP contribution in [0.4, 0.5) is 5.13 Å². The third-order valence-electron chi connectivity index (χ3n) is 7.65. The van der Waals surface area contributed by atoms with Crippen molar-refractivity contribution in [1.29, 1.82) is 0 Å². The highest BCUT2D eigenvalue weighted by Crippen LogP contribution is 2.45. The van der Waals surface area contributed by atoms with Crippen LogP contribution in [0, 0.1) is 12.8 Å². The monoisotopic (exact) mass is 678 g/mol. The Bertz CT molecular complexity index is 1610. The Morgan fingerprint density at radius 3 is 2.31 bits per heavy atom. The number of aliphatic hydroxyl groups is 1. The van der Waals surface area contributed by atoms with Gasteiger partial charge in [0.25, 0.3) is 5.78 Å². The number of benzene rings is 2. The number of hydrogen-bond donors (Lipinski definition) is 1. The third-order valence-corrected chi connectivity index (χ3v) is 8.79. The first-order chi connectivity index (χ1) is 23.1. The quantitative estimate of drug-likeness (QED) is 0.0497. The number of anilines is 1. The molecule has 1 N–H and O–H groups in total. The number of rotatable bonds is 17. The largest absolute Gasteiger partial charge is 0.507 e. The van der Waals surface area contributed by atoms with E-state index >= 15 is 0 Å². The molecule has 1 saturated heterocycles. The van der Waals surface area contributed by atoms with Gasteiger partial charge < -0.3 is 24.1 Å². The Balaban J connectivity index is 1.82. The van der Waals surface area contributed by atoms with Crippen LogP contribution < -0.4 is 19.1 Å². The van der Waals surface area contributed by atoms with Gasteiger partial charge in [-0.25, -0.2) is 9.78 Å². The van der Waals surface area contributed by atoms with E-state index in [1.54, 1.807) is 49.4 Å². The third kappa shape index (κ3) is 8.55. The summed E-state index contributed by atoms with van der Waals surface area (Å²) < 4.78 is 23.2. The van der Waals surface area contributed by atoms with Crippen LogP contribution in [-0.2, 0) is 14.3 Å². The molecule has 0 bridgehead atoms. The molecule has 1 amide bonds. The molecule has 0 saturated carbocycles. The molecule has 2 heterocycles. The number of ether oxygens (including phenoxy) is 4. The number of unbranched alkanes of at least 4 members (excludes halogenated alkanes) is 3. The van der Waals surface area contributed by atoms with E-state index in [4.69, 9.17) is 18.9 Å². The van der Waals surface area contributed by atoms with Crippen LogP contribution in [0.1, 0.15) is 99.3 Å². The molecular weight excluding hydrogens is 632 g/mol. The van der Waals surface area contributed by atoms with Crippen molar-refractivity contribution in [2.24, 2.45) is 5.92 Å². The fourth-order valence-electron chi connectivity index (χ4n) is 5.14. The van der Waals surface area contributed by atoms with Crippen molar-refractivity contribution in [3.8, 4) is 17.2 Å². The van der Waals surface area contributed by atoms with Crippen molar-refractivity contribution in [2.45, 2.75) is 79.7 Å². The minimum absolute atomic E-state index is 0.115. The average Bonchev–Trinajstić information content (AvgIpc) is 3.58. The van der Waals surface area contributed by atoms with E-state index in [1.807, 2.05) is 20.8 Å². The van der Waals surface area contributed by atoms with Gasteiger partial charge in [-0.3, -0.25) is 14.5 Å². The first kappa shape index (κ1) is 36.5. The summed E-state index contributed by atoms with van der Waals surface area (Å²) in [5.41, 5.74) is 1.09. The number of amides is 1. The molecule has 1 atom stereocenters. The summed E-state index contributed by atoms with van der Waals surface area (Å²) in [6.07, 6.45) is 4.88. The molecule has 4 rings (SSSR count). The van der Waals surface area contributed by atoms with Gasteiger partial charge in [0.2, 0.25) is 0 Å². The molecule has 2 aromatic carbocycles. The molecule has 258 valence electrons. The van der Waals surface area contributed by atoms with Gasteiger partial charge >= 0.3 is 11.9 Å². The fourth-order valence-corrected chi connectivity index (χ4v) is 6.13. The van der Waals surface area contributed by atoms with Gasteiger partial charge in [0.1, 0.15) is 16.4 Å². The van der Waals surface area contributed by atoms with E-state index in [9.17, 15) is 19.5 Å². The van der Waals surface area contributed by atoms with Crippen LogP contribution in [-0.4, -0.2) is 54.2 Å². The molecule has 1 fully saturated rings. The zero-order valence-corrected chi connectivity index (χ0v) is 29.5. The molecule has 0 radical (unpaired) electrons. The molecular formula is C37H46N2O8S. The van der Waals surface area contributed by atoms with Gasteiger partial charge in [0.15, 0.2) is 16.6 Å². The van der Waals surface area contributed by atoms with E-state index in [0.717, 1.165) is 43.4 Å². The minimum Gasteiger partial charge on any atom is -0.507 e. The molecule has 1 aromatic heterocycles. The minimum atomic E-state index is -1.08. The highest BCUT2D eigenvalue weighted by molar-refractivity contribution is 7.17. The number of aryl methyl sites for hydroxylation is 1. The zero-order chi connectivity index (χ0) is 34.8. The molecule has 10 nitrogen and oxygen atoms in total. The van der Waals surface area contributed by atoms with E-state index in [1.165, 1.54) is 4.90 Å². The van der Waals surface area contributed by atoms with Gasteiger partial charge in [-0.05, 0) is 74.6 Å². The average molecular weight is 679 g/mol. The molecule has 0 aliphatic carbocycles. The Morgan fingerprint density at radius 2 is 1.65 bits per heavy atom. The van der Waals surface area contributed by atoms with Gasteiger partial charge in [-0.15, -0.1) is 0 Å². The Morgan fingerprint density at radius 1 is 0.938 bits per heavy atom. The second-order valence-corrected chi connectivity index (χ2v) is 13.0. The second kappa shape index (κ2) is 17.1. The number of nitrogens with zero attached hydrogens (tertiary/aromatic N) is 2. The lowest BCUT2D eigenvalue weighted by Crippen LogP contribution is -2.29. The van der Waals surface area contributed by atoms with E-state index in [0.29, 0.717) is 53.9 Å². The molecule has 48 heavy (non-hydrogen) atoms. The van der Waals surface area contributed by atoms with Crippen LogP contribution >= 0.6 is 11.3 Å². The van der Waals surface area contributed by atoms with Gasteiger partial charge in [-0.1, -0.05) is 64.4 Å². The standard InChI is InChI=1S/C37H46N2O8S/c1-7-10-12-20-46-28-18-15-26(21-29(28)44-9-3)31-30(32(40)25-13-16-27(17-14-25)45-19-11-8-2)33(41)35(42)39(31)37-38-24(6)34(48-37)36(43)47-22-23(4)5/h13-18,21,23,31,40H,7-12,19-20,22H2,1-6H3/t31-/m0/s1. The van der Waals surface area contributed by atoms with Crippen LogP contribution in [0.5, 0.6) is 17.2 Å². The number of ketones is 1. The van der Waals surface area contributed by atoms with E-state index < -0.39 is 23.7 Å². The Labute approximate surface area is 286 Å². The van der Waals surface area contributed by atoms with Crippen molar-refractivity contribution in [3.63, 3.8) is 0 Å². The number of Topliss-reactive ketones (excluding diaryl/α,β-unsaturated/α-hetero) is 1. The highest BCUT2D eigenvalue weighted by Gasteiger charge is 2.48. The van der Waals surface area contributed by atoms with Crippen molar-refractivity contribution in [1.82, 2.24) is 4.98 Å². The molecule has 11 heteroatoms. The first-order valence-corrected chi connectivity index (χ1v) is 17.5. The summed E-state index contributed by atoms with van der Waals surface area (Å²) in [4.78, 5) is 46.6. The number of carbonyl (C=O) groups excluding carboxylic acids is 3. The van der Waals surface area contributed by atoms with Crippen LogP contribution in [0.15, 0.2) is 48.0 Å². The van der Waals surface area contributed by atoms with Crippen molar-refractivity contribution >= 4 is 39.9 Å². The van der Waals surface area contributed by atoms with Crippen molar-refractivity contribution in [2.75, 3.05) is 31.3 Å². The van der Waals surface area contributed by atoms with Gasteiger partial charge in [-0.2, -0.15) is 0 Å². The Hall–Kier alpha value is -4.38. The van der Waals surface area contributed by atoms with Crippen LogP contribution in [0.3, 0.4) is 0 Å². The fraction of sp³-hybridized carbons (Fsp3) is 0.459. The normalized spacial score (nSPS) is 15.6. The number of hydrogen-bond acceptors (Lipinski definition) is 10. The number of carbonyl (C=O) groups is 3. The predicted molar refractivity (Wildman–Crippen MR) is 186 cm³/mol. The number of aliphatic hydroxyl groups excluding tert-OH is 1. The summed E-state index contributed by atoms with van der Waals surface area (Å²) in [5, 5.41) is 11.8. The number of thiazole rings is 1. The molecule has 1 aliphatic rings. The maximum absolute atomic E-state index is 13.8. The zero-order valence-electron chi connectivity index (χ0n) is 28.7. The molecule has 3 aromatic rings. The van der Waals surface area contributed by atoms with Gasteiger partial charge in [0.05, 0.1) is 43.7 Å². The highest BCUT2D eigenvalue weighted by atomic mass is 32.1. The molecule has 0 spiro atoms. The van der Waals surface area contributed by atoms with E-state index in [2.05, 4.69) is 18.8 Å². The summed E-state index contributed by atoms with van der Waals surface area (Å²) in [7, 11) is 0. The smallest absolute Gasteiger partial charge is 0.350 e. The second-order valence-electron chi connectivity index (χ2n) is 12.0. The van der Waals surface area contributed by atoms with Crippen molar-refractivity contribution < 1.29 is 38.4 Å².